The number of imidazole rings is 2. The summed E-state index contributed by atoms with van der Waals surface area (Å²) in [7, 11) is 0. The minimum Gasteiger partial charge on any atom is -0.341 e. The Morgan fingerprint density at radius 2 is 1.93 bits per heavy atom. The molecule has 1 saturated carbocycles. The summed E-state index contributed by atoms with van der Waals surface area (Å²) in [5.74, 6) is 1.44. The van der Waals surface area contributed by atoms with Gasteiger partial charge in [-0.2, -0.15) is 0 Å². The maximum absolute atomic E-state index is 11.0. The van der Waals surface area contributed by atoms with Gasteiger partial charge < -0.3 is 9.55 Å². The molecule has 0 spiro atoms. The van der Waals surface area contributed by atoms with Crippen molar-refractivity contribution < 1.29 is 4.92 Å². The topological polar surface area (TPSA) is 89.6 Å². The van der Waals surface area contributed by atoms with E-state index in [0.29, 0.717) is 17.3 Å². The Morgan fingerprint density at radius 3 is 2.76 bits per heavy atom. The molecule has 1 aliphatic rings. The van der Waals surface area contributed by atoms with Crippen LogP contribution in [-0.2, 0) is 5.75 Å². The highest BCUT2D eigenvalue weighted by Gasteiger charge is 2.22. The fourth-order valence-electron chi connectivity index (χ4n) is 4.18. The second kappa shape index (κ2) is 7.51. The van der Waals surface area contributed by atoms with Gasteiger partial charge in [-0.3, -0.25) is 10.1 Å². The fraction of sp³-hybridized carbons (Fsp3) is 0.333. The zero-order valence-corrected chi connectivity index (χ0v) is 16.7. The van der Waals surface area contributed by atoms with Crippen LogP contribution < -0.4 is 0 Å². The fourth-order valence-corrected chi connectivity index (χ4v) is 5.13. The van der Waals surface area contributed by atoms with Gasteiger partial charge in [-0.05, 0) is 31.0 Å². The molecular formula is C21H21N5O2S. The average molecular weight is 407 g/mol. The molecule has 0 saturated heterocycles. The van der Waals surface area contributed by atoms with Crippen LogP contribution in [0.15, 0.2) is 47.6 Å². The van der Waals surface area contributed by atoms with Gasteiger partial charge in [0, 0.05) is 18.2 Å². The number of thioether (sulfide) groups is 1. The number of non-ortho nitro benzene ring substituents is 1. The van der Waals surface area contributed by atoms with Crippen LogP contribution in [-0.4, -0.2) is 24.4 Å². The van der Waals surface area contributed by atoms with Crippen molar-refractivity contribution in [3.05, 3.63) is 58.4 Å². The van der Waals surface area contributed by atoms with Crippen LogP contribution in [0.5, 0.6) is 0 Å². The maximum atomic E-state index is 11.0. The summed E-state index contributed by atoms with van der Waals surface area (Å²) in [4.78, 5) is 23.3. The molecule has 1 N–H and O–H groups in total. The van der Waals surface area contributed by atoms with E-state index in [1.807, 2.05) is 6.07 Å². The first-order valence-electron chi connectivity index (χ1n) is 9.92. The molecular weight excluding hydrogens is 386 g/mol. The molecule has 0 bridgehead atoms. The van der Waals surface area contributed by atoms with Crippen molar-refractivity contribution >= 4 is 39.5 Å². The van der Waals surface area contributed by atoms with Crippen LogP contribution in [0.4, 0.5) is 5.69 Å². The number of nitro groups is 1. The number of rotatable bonds is 5. The second-order valence-electron chi connectivity index (χ2n) is 7.48. The van der Waals surface area contributed by atoms with Gasteiger partial charge in [-0.15, -0.1) is 0 Å². The summed E-state index contributed by atoms with van der Waals surface area (Å²) >= 11 is 1.67. The van der Waals surface area contributed by atoms with Gasteiger partial charge in [0.1, 0.15) is 5.82 Å². The Labute approximate surface area is 171 Å². The summed E-state index contributed by atoms with van der Waals surface area (Å²) in [6.45, 7) is 0. The number of nitro benzene ring substituents is 1. The molecule has 0 amide bonds. The average Bonchev–Trinajstić information content (AvgIpc) is 3.32. The normalized spacial score (nSPS) is 15.3. The highest BCUT2D eigenvalue weighted by atomic mass is 32.2. The Hall–Kier alpha value is -2.87. The molecule has 2 heterocycles. The van der Waals surface area contributed by atoms with Gasteiger partial charge in [0.2, 0.25) is 0 Å². The van der Waals surface area contributed by atoms with Gasteiger partial charge >= 0.3 is 0 Å². The molecule has 8 heteroatoms. The number of hydrogen-bond donors (Lipinski definition) is 1. The lowest BCUT2D eigenvalue weighted by molar-refractivity contribution is -0.384. The zero-order valence-electron chi connectivity index (χ0n) is 15.9. The molecule has 29 heavy (non-hydrogen) atoms. The van der Waals surface area contributed by atoms with Crippen LogP contribution >= 0.6 is 11.8 Å². The Bertz CT molecular complexity index is 1190. The number of aromatic nitrogens is 4. The lowest BCUT2D eigenvalue weighted by atomic mass is 9.95. The zero-order chi connectivity index (χ0) is 19.8. The van der Waals surface area contributed by atoms with Crippen LogP contribution in [0.1, 0.15) is 44.0 Å². The molecule has 1 aliphatic carbocycles. The standard InChI is InChI=1S/C21H21N5O2S/c27-26(28)15-10-11-16-18(12-15)23-20(22-16)13-29-21-24-17-8-4-5-9-19(17)25(21)14-6-2-1-3-7-14/h4-5,8-12,14H,1-3,6-7,13H2,(H,22,23). The van der Waals surface area contributed by atoms with Crippen molar-refractivity contribution in [2.24, 2.45) is 0 Å². The summed E-state index contributed by atoms with van der Waals surface area (Å²) in [6, 6.07) is 13.5. The third kappa shape index (κ3) is 3.48. The number of aromatic amines is 1. The van der Waals surface area contributed by atoms with E-state index >= 15 is 0 Å². The van der Waals surface area contributed by atoms with E-state index in [1.54, 1.807) is 17.8 Å². The molecule has 5 rings (SSSR count). The van der Waals surface area contributed by atoms with Gasteiger partial charge in [0.25, 0.3) is 5.69 Å². The van der Waals surface area contributed by atoms with Crippen molar-refractivity contribution in [2.45, 2.75) is 49.1 Å². The lowest BCUT2D eigenvalue weighted by Crippen LogP contribution is -2.13. The smallest absolute Gasteiger partial charge is 0.271 e. The Morgan fingerprint density at radius 1 is 1.10 bits per heavy atom. The number of nitrogens with zero attached hydrogens (tertiary/aromatic N) is 4. The van der Waals surface area contributed by atoms with Gasteiger partial charge in [-0.25, -0.2) is 9.97 Å². The van der Waals surface area contributed by atoms with Crippen molar-refractivity contribution in [1.29, 1.82) is 0 Å². The lowest BCUT2D eigenvalue weighted by Gasteiger charge is -2.25. The van der Waals surface area contributed by atoms with Crippen LogP contribution in [0, 0.1) is 10.1 Å². The van der Waals surface area contributed by atoms with E-state index in [-0.39, 0.29) is 10.6 Å². The molecule has 2 aromatic heterocycles. The third-order valence-electron chi connectivity index (χ3n) is 5.57. The van der Waals surface area contributed by atoms with E-state index in [9.17, 15) is 10.1 Å². The first-order chi connectivity index (χ1) is 14.2. The molecule has 148 valence electrons. The Balaban J connectivity index is 1.44. The van der Waals surface area contributed by atoms with Gasteiger partial charge in [-0.1, -0.05) is 43.2 Å². The highest BCUT2D eigenvalue weighted by molar-refractivity contribution is 7.98. The van der Waals surface area contributed by atoms with Gasteiger partial charge in [0.05, 0.1) is 32.7 Å². The quantitative estimate of drug-likeness (QED) is 0.263. The molecule has 4 aromatic rings. The SMILES string of the molecule is O=[N+]([O-])c1ccc2nc(CSc3nc4ccccc4n3C3CCCCC3)[nH]c2c1. The number of nitrogens with one attached hydrogen (secondary N) is 1. The largest absolute Gasteiger partial charge is 0.341 e. The number of fused-ring (bicyclic) bond motifs is 2. The number of benzene rings is 2. The monoisotopic (exact) mass is 407 g/mol. The van der Waals surface area contributed by atoms with Crippen molar-refractivity contribution in [3.8, 4) is 0 Å². The number of para-hydroxylation sites is 2. The van der Waals surface area contributed by atoms with E-state index in [4.69, 9.17) is 4.98 Å². The Kier molecular flexibility index (Phi) is 4.71. The molecule has 2 aromatic carbocycles. The van der Waals surface area contributed by atoms with E-state index in [1.165, 1.54) is 49.8 Å². The third-order valence-corrected chi connectivity index (χ3v) is 6.53. The number of hydrogen-bond acceptors (Lipinski definition) is 5. The summed E-state index contributed by atoms with van der Waals surface area (Å²) in [6.07, 6.45) is 6.24. The minimum absolute atomic E-state index is 0.0689. The summed E-state index contributed by atoms with van der Waals surface area (Å²) in [5, 5.41) is 12.0. The number of H-pyrrole nitrogens is 1. The van der Waals surface area contributed by atoms with Crippen LogP contribution in [0.25, 0.3) is 22.1 Å². The molecule has 1 fully saturated rings. The predicted molar refractivity (Wildman–Crippen MR) is 114 cm³/mol. The van der Waals surface area contributed by atoms with Crippen molar-refractivity contribution in [1.82, 2.24) is 19.5 Å². The highest BCUT2D eigenvalue weighted by Crippen LogP contribution is 2.36. The molecule has 0 aliphatic heterocycles. The molecule has 0 unspecified atom stereocenters. The minimum atomic E-state index is -0.388. The van der Waals surface area contributed by atoms with Crippen LogP contribution in [0.2, 0.25) is 0 Å². The van der Waals surface area contributed by atoms with E-state index in [2.05, 4.69) is 32.7 Å². The molecule has 0 radical (unpaired) electrons. The first kappa shape index (κ1) is 18.2. The van der Waals surface area contributed by atoms with Crippen LogP contribution in [0.3, 0.4) is 0 Å². The van der Waals surface area contributed by atoms with Crippen molar-refractivity contribution in [3.63, 3.8) is 0 Å². The maximum Gasteiger partial charge on any atom is 0.271 e. The molecule has 0 atom stereocenters. The second-order valence-corrected chi connectivity index (χ2v) is 8.42. The van der Waals surface area contributed by atoms with Crippen molar-refractivity contribution in [2.75, 3.05) is 0 Å². The van der Waals surface area contributed by atoms with E-state index in [0.717, 1.165) is 22.0 Å². The van der Waals surface area contributed by atoms with E-state index < -0.39 is 0 Å². The first-order valence-corrected chi connectivity index (χ1v) is 10.9. The molecule has 7 nitrogen and oxygen atoms in total. The summed E-state index contributed by atoms with van der Waals surface area (Å²) in [5.41, 5.74) is 3.73. The van der Waals surface area contributed by atoms with Gasteiger partial charge in [0.15, 0.2) is 5.16 Å². The predicted octanol–water partition coefficient (Wildman–Crippen LogP) is 5.62. The summed E-state index contributed by atoms with van der Waals surface area (Å²) < 4.78 is 2.41.